The van der Waals surface area contributed by atoms with Gasteiger partial charge in [-0.25, -0.2) is 0 Å². The van der Waals surface area contributed by atoms with Crippen molar-refractivity contribution < 1.29 is 13.2 Å². The van der Waals surface area contributed by atoms with Crippen LogP contribution in [0.25, 0.3) is 0 Å². The summed E-state index contributed by atoms with van der Waals surface area (Å²) in [4.78, 5) is 2.26. The minimum Gasteiger partial charge on any atom is -0.313 e. The molecule has 0 aromatic rings. The average molecular weight is 278 g/mol. The van der Waals surface area contributed by atoms with E-state index in [1.54, 1.807) is 0 Å². The molecule has 2 rings (SSSR count). The molecule has 1 N–H and O–H groups in total. The lowest BCUT2D eigenvalue weighted by Crippen LogP contribution is -2.46. The predicted octanol–water partition coefficient (Wildman–Crippen LogP) is 3.18. The zero-order chi connectivity index (χ0) is 13.9. The molecular formula is C14H25F3N2. The monoisotopic (exact) mass is 278 g/mol. The summed E-state index contributed by atoms with van der Waals surface area (Å²) in [6.45, 7) is 4.88. The van der Waals surface area contributed by atoms with Gasteiger partial charge in [-0.1, -0.05) is 13.3 Å². The molecule has 2 aliphatic rings. The van der Waals surface area contributed by atoms with Crippen molar-refractivity contribution >= 4 is 0 Å². The van der Waals surface area contributed by atoms with Gasteiger partial charge >= 0.3 is 6.18 Å². The summed E-state index contributed by atoms with van der Waals surface area (Å²) in [7, 11) is 0. The molecule has 0 spiro atoms. The molecule has 3 unspecified atom stereocenters. The summed E-state index contributed by atoms with van der Waals surface area (Å²) in [6, 6.07) is 0.596. The molecule has 0 aromatic carbocycles. The predicted molar refractivity (Wildman–Crippen MR) is 70.1 cm³/mol. The first-order chi connectivity index (χ1) is 9.00. The summed E-state index contributed by atoms with van der Waals surface area (Å²) in [5, 5.41) is 3.44. The lowest BCUT2D eigenvalue weighted by Gasteiger charge is -2.38. The number of halogens is 3. The van der Waals surface area contributed by atoms with E-state index in [0.29, 0.717) is 25.3 Å². The van der Waals surface area contributed by atoms with E-state index < -0.39 is 12.1 Å². The molecule has 1 aliphatic carbocycles. The fraction of sp³-hybridized carbons (Fsp3) is 1.00. The highest BCUT2D eigenvalue weighted by Crippen LogP contribution is 2.39. The number of hydrogen-bond donors (Lipinski definition) is 1. The SMILES string of the molecule is CCN(CC1CCCN1)C1CCCC(C(F)(F)F)C1. The average Bonchev–Trinajstić information content (AvgIpc) is 2.88. The van der Waals surface area contributed by atoms with Gasteiger partial charge in [-0.3, -0.25) is 4.90 Å². The summed E-state index contributed by atoms with van der Waals surface area (Å²) >= 11 is 0. The second-order valence-electron chi connectivity index (χ2n) is 5.94. The van der Waals surface area contributed by atoms with E-state index in [9.17, 15) is 13.2 Å². The molecule has 0 aromatic heterocycles. The van der Waals surface area contributed by atoms with Crippen LogP contribution in [0.15, 0.2) is 0 Å². The van der Waals surface area contributed by atoms with E-state index in [1.165, 1.54) is 6.42 Å². The summed E-state index contributed by atoms with van der Waals surface area (Å²) < 4.78 is 38.6. The summed E-state index contributed by atoms with van der Waals surface area (Å²) in [5.41, 5.74) is 0. The quantitative estimate of drug-likeness (QED) is 0.849. The fourth-order valence-electron chi connectivity index (χ4n) is 3.52. The third-order valence-corrected chi connectivity index (χ3v) is 4.65. The molecule has 1 aliphatic heterocycles. The van der Waals surface area contributed by atoms with Gasteiger partial charge in [0.25, 0.3) is 0 Å². The van der Waals surface area contributed by atoms with Crippen LogP contribution in [0.1, 0.15) is 45.4 Å². The van der Waals surface area contributed by atoms with Crippen LogP contribution < -0.4 is 5.32 Å². The van der Waals surface area contributed by atoms with Crippen LogP contribution in [0, 0.1) is 5.92 Å². The number of alkyl halides is 3. The van der Waals surface area contributed by atoms with E-state index in [-0.39, 0.29) is 6.04 Å². The summed E-state index contributed by atoms with van der Waals surface area (Å²) in [6.07, 6.45) is 0.591. The molecule has 1 saturated carbocycles. The van der Waals surface area contributed by atoms with Crippen molar-refractivity contribution in [1.82, 2.24) is 10.2 Å². The number of rotatable bonds is 4. The lowest BCUT2D eigenvalue weighted by molar-refractivity contribution is -0.186. The fourth-order valence-corrected chi connectivity index (χ4v) is 3.52. The van der Waals surface area contributed by atoms with Crippen LogP contribution in [0.4, 0.5) is 13.2 Å². The van der Waals surface area contributed by atoms with Crippen LogP contribution in [0.2, 0.25) is 0 Å². The number of nitrogens with zero attached hydrogens (tertiary/aromatic N) is 1. The Morgan fingerprint density at radius 3 is 2.53 bits per heavy atom. The minimum atomic E-state index is -4.01. The second kappa shape index (κ2) is 6.44. The molecule has 3 atom stereocenters. The van der Waals surface area contributed by atoms with E-state index in [1.807, 2.05) is 0 Å². The maximum atomic E-state index is 12.9. The Hall–Kier alpha value is -0.290. The molecule has 19 heavy (non-hydrogen) atoms. The Kier molecular flexibility index (Phi) is 5.12. The number of likely N-dealkylation sites (N-methyl/N-ethyl adjacent to an activating group) is 1. The molecule has 0 radical (unpaired) electrons. The maximum absolute atomic E-state index is 12.9. The Morgan fingerprint density at radius 2 is 1.95 bits per heavy atom. The van der Waals surface area contributed by atoms with E-state index in [4.69, 9.17) is 0 Å². The third-order valence-electron chi connectivity index (χ3n) is 4.65. The Balaban J connectivity index is 1.90. The first kappa shape index (κ1) is 15.1. The maximum Gasteiger partial charge on any atom is 0.391 e. The van der Waals surface area contributed by atoms with Crippen molar-refractivity contribution in [3.05, 3.63) is 0 Å². The standard InChI is InChI=1S/C14H25F3N2/c1-2-19(10-12-6-4-8-18-12)13-7-3-5-11(9-13)14(15,16)17/h11-13,18H,2-10H2,1H3. The van der Waals surface area contributed by atoms with Gasteiger partial charge in [0.15, 0.2) is 0 Å². The van der Waals surface area contributed by atoms with Crippen LogP contribution in [-0.2, 0) is 0 Å². The van der Waals surface area contributed by atoms with Gasteiger partial charge < -0.3 is 5.32 Å². The Labute approximate surface area is 113 Å². The van der Waals surface area contributed by atoms with Gasteiger partial charge in [-0.2, -0.15) is 13.2 Å². The Bertz CT molecular complexity index is 274. The van der Waals surface area contributed by atoms with Gasteiger partial charge in [0.05, 0.1) is 5.92 Å². The van der Waals surface area contributed by atoms with Gasteiger partial charge in [0, 0.05) is 18.6 Å². The van der Waals surface area contributed by atoms with Crippen molar-refractivity contribution in [2.24, 2.45) is 5.92 Å². The molecule has 0 amide bonds. The molecule has 0 bridgehead atoms. The largest absolute Gasteiger partial charge is 0.391 e. The van der Waals surface area contributed by atoms with Crippen molar-refractivity contribution in [2.45, 2.75) is 63.7 Å². The molecule has 1 heterocycles. The van der Waals surface area contributed by atoms with E-state index in [2.05, 4.69) is 17.1 Å². The van der Waals surface area contributed by atoms with Gasteiger partial charge in [-0.05, 0) is 45.2 Å². The van der Waals surface area contributed by atoms with Crippen LogP contribution in [0.5, 0.6) is 0 Å². The Morgan fingerprint density at radius 1 is 1.16 bits per heavy atom. The highest BCUT2D eigenvalue weighted by molar-refractivity contribution is 4.86. The van der Waals surface area contributed by atoms with Crippen molar-refractivity contribution in [2.75, 3.05) is 19.6 Å². The molecule has 2 nitrogen and oxygen atoms in total. The lowest BCUT2D eigenvalue weighted by atomic mass is 9.84. The van der Waals surface area contributed by atoms with Crippen molar-refractivity contribution in [3.8, 4) is 0 Å². The summed E-state index contributed by atoms with van der Waals surface area (Å²) in [5.74, 6) is -1.09. The van der Waals surface area contributed by atoms with Gasteiger partial charge in [0.1, 0.15) is 0 Å². The first-order valence-corrected chi connectivity index (χ1v) is 7.55. The highest BCUT2D eigenvalue weighted by atomic mass is 19.4. The minimum absolute atomic E-state index is 0.118. The zero-order valence-electron chi connectivity index (χ0n) is 11.7. The number of nitrogens with one attached hydrogen (secondary N) is 1. The van der Waals surface area contributed by atoms with Crippen molar-refractivity contribution in [1.29, 1.82) is 0 Å². The van der Waals surface area contributed by atoms with Crippen LogP contribution in [0.3, 0.4) is 0 Å². The van der Waals surface area contributed by atoms with Crippen molar-refractivity contribution in [3.63, 3.8) is 0 Å². The third kappa shape index (κ3) is 4.09. The molecule has 2 fully saturated rings. The molecule has 112 valence electrons. The topological polar surface area (TPSA) is 15.3 Å². The van der Waals surface area contributed by atoms with E-state index in [0.717, 1.165) is 32.5 Å². The van der Waals surface area contributed by atoms with Crippen LogP contribution >= 0.6 is 0 Å². The zero-order valence-corrected chi connectivity index (χ0v) is 11.7. The normalized spacial score (nSPS) is 33.0. The van der Waals surface area contributed by atoms with Gasteiger partial charge in [-0.15, -0.1) is 0 Å². The smallest absolute Gasteiger partial charge is 0.313 e. The molecule has 5 heteroatoms. The second-order valence-corrected chi connectivity index (χ2v) is 5.94. The molecular weight excluding hydrogens is 253 g/mol. The van der Waals surface area contributed by atoms with E-state index >= 15 is 0 Å². The molecule has 1 saturated heterocycles. The number of hydrogen-bond acceptors (Lipinski definition) is 2. The van der Waals surface area contributed by atoms with Gasteiger partial charge in [0.2, 0.25) is 0 Å². The van der Waals surface area contributed by atoms with Crippen LogP contribution in [-0.4, -0.2) is 42.8 Å². The highest BCUT2D eigenvalue weighted by Gasteiger charge is 2.43. The first-order valence-electron chi connectivity index (χ1n) is 7.55.